The zero-order valence-corrected chi connectivity index (χ0v) is 12.5. The molecule has 0 radical (unpaired) electrons. The third-order valence-corrected chi connectivity index (χ3v) is 4.21. The summed E-state index contributed by atoms with van der Waals surface area (Å²) in [5.74, 6) is 0.993. The van der Waals surface area contributed by atoms with Crippen molar-refractivity contribution in [3.05, 3.63) is 29.8 Å². The van der Waals surface area contributed by atoms with Crippen LogP contribution in [-0.4, -0.2) is 30.0 Å². The van der Waals surface area contributed by atoms with Crippen molar-refractivity contribution in [3.63, 3.8) is 0 Å². The maximum absolute atomic E-state index is 12.4. The van der Waals surface area contributed by atoms with E-state index in [9.17, 15) is 4.79 Å². The predicted octanol–water partition coefficient (Wildman–Crippen LogP) is 2.48. The number of carbonyl (C=O) groups is 1. The summed E-state index contributed by atoms with van der Waals surface area (Å²) >= 11 is 0. The van der Waals surface area contributed by atoms with E-state index in [2.05, 4.69) is 13.8 Å². The van der Waals surface area contributed by atoms with Gasteiger partial charge in [0.2, 0.25) is 5.91 Å². The van der Waals surface area contributed by atoms with Crippen molar-refractivity contribution < 1.29 is 9.53 Å². The third-order valence-electron chi connectivity index (χ3n) is 4.21. The summed E-state index contributed by atoms with van der Waals surface area (Å²) in [5.41, 5.74) is 7.34. The van der Waals surface area contributed by atoms with Crippen molar-refractivity contribution in [1.82, 2.24) is 4.90 Å². The summed E-state index contributed by atoms with van der Waals surface area (Å²) in [4.78, 5) is 14.3. The molecule has 20 heavy (non-hydrogen) atoms. The fourth-order valence-corrected chi connectivity index (χ4v) is 2.95. The van der Waals surface area contributed by atoms with Gasteiger partial charge in [0.25, 0.3) is 0 Å². The summed E-state index contributed by atoms with van der Waals surface area (Å²) in [6.07, 6.45) is 2.19. The minimum Gasteiger partial charge on any atom is -0.496 e. The zero-order chi connectivity index (χ0) is 14.7. The van der Waals surface area contributed by atoms with Crippen molar-refractivity contribution in [3.8, 4) is 5.75 Å². The van der Waals surface area contributed by atoms with Gasteiger partial charge in [-0.05, 0) is 25.8 Å². The molecule has 2 N–H and O–H groups in total. The lowest BCUT2D eigenvalue weighted by molar-refractivity contribution is -0.140. The summed E-state index contributed by atoms with van der Waals surface area (Å²) in [6, 6.07) is 7.89. The molecule has 1 aromatic carbocycles. The number of likely N-dealkylation sites (tertiary alicyclic amines) is 1. The van der Waals surface area contributed by atoms with Crippen LogP contribution in [0.5, 0.6) is 5.75 Å². The van der Waals surface area contributed by atoms with Gasteiger partial charge in [-0.25, -0.2) is 0 Å². The molecule has 1 aliphatic heterocycles. The van der Waals surface area contributed by atoms with Crippen LogP contribution in [0.4, 0.5) is 0 Å². The molecule has 0 bridgehead atoms. The van der Waals surface area contributed by atoms with Gasteiger partial charge in [-0.2, -0.15) is 0 Å². The summed E-state index contributed by atoms with van der Waals surface area (Å²) < 4.78 is 5.45. The maximum Gasteiger partial charge on any atom is 0.223 e. The number of nitrogens with two attached hydrogens (primary N) is 1. The fraction of sp³-hybridized carbons (Fsp3) is 0.562. The molecule has 4 nitrogen and oxygen atoms in total. The number of amides is 1. The molecule has 110 valence electrons. The average molecular weight is 276 g/mol. The standard InChI is InChI=1S/C16H24N2O2/c1-4-11(2)18-15(19)10-9-13(17)16(18)12-7-5-6-8-14(12)20-3/h5-8,11,13,16H,4,9-10,17H2,1-3H3. The normalized spacial score (nSPS) is 24.6. The molecule has 4 heteroatoms. The number of hydrogen-bond donors (Lipinski definition) is 1. The lowest BCUT2D eigenvalue weighted by atomic mass is 9.88. The minimum absolute atomic E-state index is 0.0435. The van der Waals surface area contributed by atoms with Crippen LogP contribution in [0.25, 0.3) is 0 Å². The number of benzene rings is 1. The predicted molar refractivity (Wildman–Crippen MR) is 79.5 cm³/mol. The first-order chi connectivity index (χ1) is 9.60. The van der Waals surface area contributed by atoms with Gasteiger partial charge in [0, 0.05) is 24.1 Å². The number of piperidine rings is 1. The van der Waals surface area contributed by atoms with Crippen LogP contribution >= 0.6 is 0 Å². The van der Waals surface area contributed by atoms with Crippen LogP contribution in [0.1, 0.15) is 44.7 Å². The second kappa shape index (κ2) is 6.27. The summed E-state index contributed by atoms with van der Waals surface area (Å²) in [5, 5.41) is 0. The molecular weight excluding hydrogens is 252 g/mol. The molecule has 1 fully saturated rings. The smallest absolute Gasteiger partial charge is 0.223 e. The quantitative estimate of drug-likeness (QED) is 0.919. The Hall–Kier alpha value is -1.55. The Morgan fingerprint density at radius 3 is 2.80 bits per heavy atom. The number of carbonyl (C=O) groups excluding carboxylic acids is 1. The fourth-order valence-electron chi connectivity index (χ4n) is 2.95. The number of methoxy groups -OCH3 is 1. The first kappa shape index (κ1) is 14.9. The first-order valence-electron chi connectivity index (χ1n) is 7.29. The van der Waals surface area contributed by atoms with E-state index in [4.69, 9.17) is 10.5 Å². The topological polar surface area (TPSA) is 55.6 Å². The van der Waals surface area contributed by atoms with Crippen LogP contribution in [0.2, 0.25) is 0 Å². The van der Waals surface area contributed by atoms with Gasteiger partial charge in [0.1, 0.15) is 5.75 Å². The Morgan fingerprint density at radius 1 is 1.45 bits per heavy atom. The Morgan fingerprint density at radius 2 is 2.15 bits per heavy atom. The van der Waals surface area contributed by atoms with Gasteiger partial charge < -0.3 is 15.4 Å². The van der Waals surface area contributed by atoms with Crippen molar-refractivity contribution in [2.45, 2.75) is 51.2 Å². The van der Waals surface area contributed by atoms with E-state index >= 15 is 0 Å². The maximum atomic E-state index is 12.4. The lowest BCUT2D eigenvalue weighted by Gasteiger charge is -2.43. The number of para-hydroxylation sites is 1. The monoisotopic (exact) mass is 276 g/mol. The molecule has 1 heterocycles. The molecule has 1 amide bonds. The Bertz CT molecular complexity index is 475. The highest BCUT2D eigenvalue weighted by Crippen LogP contribution is 2.37. The van der Waals surface area contributed by atoms with Crippen LogP contribution in [0, 0.1) is 0 Å². The molecule has 3 unspecified atom stereocenters. The molecule has 1 aromatic rings. The molecular formula is C16H24N2O2. The van der Waals surface area contributed by atoms with Gasteiger partial charge in [-0.15, -0.1) is 0 Å². The molecule has 1 saturated heterocycles. The molecule has 0 aliphatic carbocycles. The van der Waals surface area contributed by atoms with Gasteiger partial charge >= 0.3 is 0 Å². The van der Waals surface area contributed by atoms with Crippen molar-refractivity contribution >= 4 is 5.91 Å². The Labute approximate surface area is 120 Å². The number of rotatable bonds is 4. The third kappa shape index (κ3) is 2.66. The van der Waals surface area contributed by atoms with E-state index in [0.717, 1.165) is 24.2 Å². The van der Waals surface area contributed by atoms with Gasteiger partial charge in [-0.1, -0.05) is 25.1 Å². The highest BCUT2D eigenvalue weighted by Gasteiger charge is 2.38. The average Bonchev–Trinajstić information content (AvgIpc) is 2.48. The highest BCUT2D eigenvalue weighted by atomic mass is 16.5. The van der Waals surface area contributed by atoms with Crippen LogP contribution in [0.3, 0.4) is 0 Å². The Kier molecular flexibility index (Phi) is 4.65. The Balaban J connectivity index is 2.44. The van der Waals surface area contributed by atoms with Crippen LogP contribution in [0.15, 0.2) is 24.3 Å². The van der Waals surface area contributed by atoms with E-state index in [1.807, 2.05) is 29.2 Å². The second-order valence-corrected chi connectivity index (χ2v) is 5.45. The molecule has 3 atom stereocenters. The molecule has 0 spiro atoms. The molecule has 0 aromatic heterocycles. The largest absolute Gasteiger partial charge is 0.496 e. The molecule has 0 saturated carbocycles. The van der Waals surface area contributed by atoms with Crippen molar-refractivity contribution in [2.24, 2.45) is 5.73 Å². The van der Waals surface area contributed by atoms with E-state index in [1.54, 1.807) is 7.11 Å². The van der Waals surface area contributed by atoms with Gasteiger partial charge in [-0.3, -0.25) is 4.79 Å². The van der Waals surface area contributed by atoms with Crippen molar-refractivity contribution in [1.29, 1.82) is 0 Å². The number of ether oxygens (including phenoxy) is 1. The lowest BCUT2D eigenvalue weighted by Crippen LogP contribution is -2.52. The van der Waals surface area contributed by atoms with E-state index < -0.39 is 0 Å². The van der Waals surface area contributed by atoms with Crippen molar-refractivity contribution in [2.75, 3.05) is 7.11 Å². The number of hydrogen-bond acceptors (Lipinski definition) is 3. The van der Waals surface area contributed by atoms with Crippen LogP contribution < -0.4 is 10.5 Å². The van der Waals surface area contributed by atoms with Gasteiger partial charge in [0.05, 0.1) is 13.2 Å². The van der Waals surface area contributed by atoms with Crippen LogP contribution in [-0.2, 0) is 4.79 Å². The SMILES string of the molecule is CCC(C)N1C(=O)CCC(N)C1c1ccccc1OC. The van der Waals surface area contributed by atoms with E-state index in [-0.39, 0.29) is 24.0 Å². The number of nitrogens with zero attached hydrogens (tertiary/aromatic N) is 1. The summed E-state index contributed by atoms with van der Waals surface area (Å²) in [6.45, 7) is 4.18. The highest BCUT2D eigenvalue weighted by molar-refractivity contribution is 5.78. The first-order valence-corrected chi connectivity index (χ1v) is 7.29. The zero-order valence-electron chi connectivity index (χ0n) is 12.5. The summed E-state index contributed by atoms with van der Waals surface area (Å²) in [7, 11) is 1.66. The minimum atomic E-state index is -0.0950. The van der Waals surface area contributed by atoms with Gasteiger partial charge in [0.15, 0.2) is 0 Å². The van der Waals surface area contributed by atoms with E-state index in [1.165, 1.54) is 0 Å². The molecule has 2 rings (SSSR count). The second-order valence-electron chi connectivity index (χ2n) is 5.45. The molecule has 1 aliphatic rings. The van der Waals surface area contributed by atoms with E-state index in [0.29, 0.717) is 6.42 Å².